The zero-order valence-corrected chi connectivity index (χ0v) is 15.0. The fourth-order valence-corrected chi connectivity index (χ4v) is 3.39. The van der Waals surface area contributed by atoms with Gasteiger partial charge in [0.25, 0.3) is 0 Å². The van der Waals surface area contributed by atoms with Crippen LogP contribution >= 0.6 is 0 Å². The fourth-order valence-electron chi connectivity index (χ4n) is 3.39. The zero-order valence-electron chi connectivity index (χ0n) is 15.0. The Kier molecular flexibility index (Phi) is 5.32. The van der Waals surface area contributed by atoms with Crippen molar-refractivity contribution in [3.05, 3.63) is 70.6 Å². The van der Waals surface area contributed by atoms with Crippen molar-refractivity contribution >= 4 is 17.1 Å². The summed E-state index contributed by atoms with van der Waals surface area (Å²) < 4.78 is 13.4. The van der Waals surface area contributed by atoms with Gasteiger partial charge in [-0.2, -0.15) is 0 Å². The van der Waals surface area contributed by atoms with Crippen molar-refractivity contribution in [2.24, 2.45) is 4.99 Å². The van der Waals surface area contributed by atoms with Crippen LogP contribution in [-0.2, 0) is 6.42 Å². The zero-order chi connectivity index (χ0) is 17.8. The smallest absolute Gasteiger partial charge is 0.123 e. The third kappa shape index (κ3) is 3.98. The second kappa shape index (κ2) is 7.64. The van der Waals surface area contributed by atoms with Gasteiger partial charge < -0.3 is 5.73 Å². The third-order valence-corrected chi connectivity index (χ3v) is 4.90. The first-order valence-corrected chi connectivity index (χ1v) is 9.00. The van der Waals surface area contributed by atoms with Gasteiger partial charge in [-0.1, -0.05) is 12.5 Å². The molecule has 3 rings (SSSR count). The lowest BCUT2D eigenvalue weighted by atomic mass is 9.87. The van der Waals surface area contributed by atoms with E-state index in [1.54, 1.807) is 0 Å². The first kappa shape index (κ1) is 17.4. The highest BCUT2D eigenvalue weighted by atomic mass is 19.1. The second-order valence-corrected chi connectivity index (χ2v) is 6.67. The Balaban J connectivity index is 2.12. The Morgan fingerprint density at radius 2 is 1.80 bits per heavy atom. The van der Waals surface area contributed by atoms with E-state index in [1.807, 2.05) is 24.3 Å². The summed E-state index contributed by atoms with van der Waals surface area (Å²) in [5.74, 6) is -0.224. The predicted octanol–water partition coefficient (Wildman–Crippen LogP) is 5.98. The van der Waals surface area contributed by atoms with Gasteiger partial charge in [-0.25, -0.2) is 9.38 Å². The van der Waals surface area contributed by atoms with Crippen LogP contribution in [0.3, 0.4) is 0 Å². The van der Waals surface area contributed by atoms with E-state index in [0.717, 1.165) is 47.5 Å². The molecule has 2 N–H and O–H groups in total. The van der Waals surface area contributed by atoms with Crippen molar-refractivity contribution in [2.45, 2.75) is 46.0 Å². The summed E-state index contributed by atoms with van der Waals surface area (Å²) >= 11 is 0. The minimum Gasteiger partial charge on any atom is -0.399 e. The van der Waals surface area contributed by atoms with E-state index in [4.69, 9.17) is 10.7 Å². The van der Waals surface area contributed by atoms with Gasteiger partial charge in [0.15, 0.2) is 0 Å². The van der Waals surface area contributed by atoms with E-state index >= 15 is 0 Å². The molecule has 0 unspecified atom stereocenters. The van der Waals surface area contributed by atoms with Crippen LogP contribution in [0.5, 0.6) is 0 Å². The summed E-state index contributed by atoms with van der Waals surface area (Å²) in [6.07, 6.45) is 5.42. The number of nitrogens with two attached hydrogens (primary N) is 1. The number of benzene rings is 2. The molecular weight excluding hydrogens is 311 g/mol. The molecule has 0 amide bonds. The van der Waals surface area contributed by atoms with E-state index in [9.17, 15) is 4.39 Å². The lowest BCUT2D eigenvalue weighted by Crippen LogP contribution is -2.11. The summed E-state index contributed by atoms with van der Waals surface area (Å²) in [5.41, 5.74) is 13.4. The van der Waals surface area contributed by atoms with Gasteiger partial charge >= 0.3 is 0 Å². The summed E-state index contributed by atoms with van der Waals surface area (Å²) in [7, 11) is 0. The molecule has 0 atom stereocenters. The van der Waals surface area contributed by atoms with Crippen molar-refractivity contribution in [1.82, 2.24) is 0 Å². The number of aryl methyl sites for hydroxylation is 1. The number of nitrogens with zero attached hydrogens (tertiary/aromatic N) is 1. The van der Waals surface area contributed by atoms with Crippen LogP contribution in [0, 0.1) is 5.82 Å². The quantitative estimate of drug-likeness (QED) is 0.541. The minimum absolute atomic E-state index is 0.224. The first-order valence-electron chi connectivity index (χ1n) is 9.00. The largest absolute Gasteiger partial charge is 0.399 e. The van der Waals surface area contributed by atoms with Gasteiger partial charge in [0.1, 0.15) is 5.82 Å². The Bertz CT molecular complexity index is 816. The molecule has 2 aromatic carbocycles. The average molecular weight is 336 g/mol. The summed E-state index contributed by atoms with van der Waals surface area (Å²) in [4.78, 5) is 4.96. The molecule has 0 saturated carbocycles. The highest BCUT2D eigenvalue weighted by Gasteiger charge is 2.17. The number of nitrogen functional groups attached to an aromatic ring is 1. The van der Waals surface area contributed by atoms with E-state index in [0.29, 0.717) is 0 Å². The Morgan fingerprint density at radius 3 is 2.48 bits per heavy atom. The van der Waals surface area contributed by atoms with Gasteiger partial charge in [-0.15, -0.1) is 0 Å². The fraction of sp³-hybridized carbons (Fsp3) is 0.318. The average Bonchev–Trinajstić information content (AvgIpc) is 2.62. The number of hydrogen-bond donors (Lipinski definition) is 1. The molecule has 1 aliphatic carbocycles. The lowest BCUT2D eigenvalue weighted by molar-refractivity contribution is 0.627. The van der Waals surface area contributed by atoms with Crippen LogP contribution in [0.2, 0.25) is 0 Å². The molecule has 2 nitrogen and oxygen atoms in total. The van der Waals surface area contributed by atoms with E-state index < -0.39 is 0 Å². The molecule has 0 fully saturated rings. The number of hydrogen-bond acceptors (Lipinski definition) is 2. The lowest BCUT2D eigenvalue weighted by Gasteiger charge is -2.20. The molecule has 0 bridgehead atoms. The number of anilines is 1. The van der Waals surface area contributed by atoms with Crippen LogP contribution in [-0.4, -0.2) is 5.71 Å². The minimum atomic E-state index is -0.224. The van der Waals surface area contributed by atoms with Crippen molar-refractivity contribution in [1.29, 1.82) is 0 Å². The maximum atomic E-state index is 13.4. The number of allylic oxidation sites excluding steroid dienone is 2. The van der Waals surface area contributed by atoms with Crippen molar-refractivity contribution < 1.29 is 4.39 Å². The van der Waals surface area contributed by atoms with Crippen molar-refractivity contribution in [2.75, 3.05) is 5.73 Å². The van der Waals surface area contributed by atoms with Gasteiger partial charge in [-0.05, 0) is 92.6 Å². The van der Waals surface area contributed by atoms with Crippen LogP contribution in [0.4, 0.5) is 15.8 Å². The topological polar surface area (TPSA) is 38.4 Å². The molecule has 25 heavy (non-hydrogen) atoms. The molecule has 2 aromatic rings. The molecule has 1 aliphatic rings. The maximum absolute atomic E-state index is 13.4. The normalized spacial score (nSPS) is 15.6. The second-order valence-electron chi connectivity index (χ2n) is 6.67. The Labute approximate surface area is 149 Å². The number of rotatable bonds is 4. The van der Waals surface area contributed by atoms with E-state index in [2.05, 4.69) is 19.9 Å². The Morgan fingerprint density at radius 1 is 1.08 bits per heavy atom. The highest BCUT2D eigenvalue weighted by molar-refractivity contribution is 6.14. The van der Waals surface area contributed by atoms with Crippen LogP contribution in [0.25, 0.3) is 0 Å². The number of halogens is 1. The molecule has 0 aromatic heterocycles. The summed E-state index contributed by atoms with van der Waals surface area (Å²) in [6.45, 7) is 4.28. The van der Waals surface area contributed by atoms with Crippen LogP contribution in [0.15, 0.2) is 58.6 Å². The molecule has 0 radical (unpaired) electrons. The summed E-state index contributed by atoms with van der Waals surface area (Å²) in [5, 5.41) is 0. The molecule has 0 saturated heterocycles. The molecular formula is C22H25FN2. The van der Waals surface area contributed by atoms with Crippen molar-refractivity contribution in [3.8, 4) is 0 Å². The number of aliphatic imine (C=N–C) groups is 1. The Hall–Kier alpha value is -2.42. The van der Waals surface area contributed by atoms with Crippen LogP contribution in [0.1, 0.15) is 50.7 Å². The molecule has 130 valence electrons. The highest BCUT2D eigenvalue weighted by Crippen LogP contribution is 2.30. The van der Waals surface area contributed by atoms with Gasteiger partial charge in [0.2, 0.25) is 0 Å². The van der Waals surface area contributed by atoms with E-state index in [-0.39, 0.29) is 5.82 Å². The first-order chi connectivity index (χ1) is 12.1. The molecule has 0 aliphatic heterocycles. The molecule has 3 heteroatoms. The monoisotopic (exact) mass is 336 g/mol. The van der Waals surface area contributed by atoms with Gasteiger partial charge in [-0.3, -0.25) is 0 Å². The van der Waals surface area contributed by atoms with Crippen molar-refractivity contribution in [3.63, 3.8) is 0 Å². The SMILES string of the molecule is CCc1cc(N=C(C2=C(C)CCCC2)c2ccc(F)cc2)ccc1N. The summed E-state index contributed by atoms with van der Waals surface area (Å²) in [6, 6.07) is 12.6. The predicted molar refractivity (Wildman–Crippen MR) is 104 cm³/mol. The van der Waals surface area contributed by atoms with E-state index in [1.165, 1.54) is 36.1 Å². The third-order valence-electron chi connectivity index (χ3n) is 4.90. The molecule has 0 spiro atoms. The van der Waals surface area contributed by atoms with Gasteiger partial charge in [0, 0.05) is 11.3 Å². The van der Waals surface area contributed by atoms with Gasteiger partial charge in [0.05, 0.1) is 11.4 Å². The molecule has 0 heterocycles. The standard InChI is InChI=1S/C22H25FN2/c1-3-16-14-19(12-13-21(16)24)25-22(17-8-10-18(23)11-9-17)20-7-5-4-6-15(20)2/h8-14H,3-7,24H2,1-2H3. The van der Waals surface area contributed by atoms with Crippen LogP contribution < -0.4 is 5.73 Å². The maximum Gasteiger partial charge on any atom is 0.123 e.